The maximum atomic E-state index is 5.49. The quantitative estimate of drug-likeness (QED) is 0.365. The second kappa shape index (κ2) is 4.89. The van der Waals surface area contributed by atoms with Gasteiger partial charge in [0.05, 0.1) is 5.41 Å². The van der Waals surface area contributed by atoms with Gasteiger partial charge in [0.15, 0.2) is 5.71 Å². The molecule has 0 amide bonds. The fourth-order valence-electron chi connectivity index (χ4n) is 3.13. The number of halogens is 1. The summed E-state index contributed by atoms with van der Waals surface area (Å²) >= 11 is 0. The van der Waals surface area contributed by atoms with Crippen LogP contribution in [-0.2, 0) is 5.41 Å². The van der Waals surface area contributed by atoms with E-state index >= 15 is 0 Å². The Hall–Kier alpha value is -1.34. The molecule has 102 valence electrons. The highest BCUT2D eigenvalue weighted by Gasteiger charge is 2.42. The zero-order valence-corrected chi connectivity index (χ0v) is 14.4. The van der Waals surface area contributed by atoms with E-state index in [1.54, 1.807) is 0 Å². The molecule has 0 aromatic heterocycles. The predicted molar refractivity (Wildman–Crippen MR) is 81.4 cm³/mol. The van der Waals surface area contributed by atoms with Crippen molar-refractivity contribution in [2.75, 3.05) is 7.05 Å². The fraction of sp³-hybridized carbons (Fsp3) is 0.278. The van der Waals surface area contributed by atoms with E-state index in [1.165, 1.54) is 27.7 Å². The van der Waals surface area contributed by atoms with Gasteiger partial charge in [-0.05, 0) is 42.8 Å². The van der Waals surface area contributed by atoms with Crippen molar-refractivity contribution in [1.82, 2.24) is 0 Å². The zero-order chi connectivity index (χ0) is 13.8. The lowest BCUT2D eigenvalue weighted by atomic mass is 9.79. The average Bonchev–Trinajstić information content (AvgIpc) is 2.59. The van der Waals surface area contributed by atoms with Crippen LogP contribution < -0.4 is 24.0 Å². The highest BCUT2D eigenvalue weighted by atomic mass is 127. The Morgan fingerprint density at radius 1 is 1.15 bits per heavy atom. The van der Waals surface area contributed by atoms with Crippen molar-refractivity contribution in [3.63, 3.8) is 0 Å². The molecule has 0 atom stereocenters. The minimum absolute atomic E-state index is 0. The Kier molecular flexibility index (Phi) is 3.68. The number of hydrogen-bond donors (Lipinski definition) is 0. The maximum absolute atomic E-state index is 5.49. The zero-order valence-electron chi connectivity index (χ0n) is 12.3. The molecule has 20 heavy (non-hydrogen) atoms. The molecule has 0 saturated carbocycles. The molecule has 0 fully saturated rings. The first-order chi connectivity index (χ1) is 8.96. The van der Waals surface area contributed by atoms with E-state index in [0.29, 0.717) is 0 Å². The van der Waals surface area contributed by atoms with Crippen LogP contribution in [0.1, 0.15) is 31.9 Å². The van der Waals surface area contributed by atoms with Gasteiger partial charge in [0.1, 0.15) is 7.05 Å². The topological polar surface area (TPSA) is 3.01 Å². The van der Waals surface area contributed by atoms with E-state index in [2.05, 4.69) is 62.6 Å². The predicted octanol–water partition coefficient (Wildman–Crippen LogP) is 0.851. The summed E-state index contributed by atoms with van der Waals surface area (Å²) in [7, 11) is 2.14. The molecule has 0 bridgehead atoms. The average molecular weight is 375 g/mol. The molecular formula is C18H18IN. The monoisotopic (exact) mass is 375 g/mol. The van der Waals surface area contributed by atoms with Crippen LogP contribution in [0.15, 0.2) is 30.3 Å². The van der Waals surface area contributed by atoms with Crippen LogP contribution in [0.2, 0.25) is 0 Å². The Morgan fingerprint density at radius 2 is 1.85 bits per heavy atom. The Labute approximate surface area is 137 Å². The second-order valence-electron chi connectivity index (χ2n) is 5.81. The van der Waals surface area contributed by atoms with Crippen LogP contribution in [-0.4, -0.2) is 17.3 Å². The van der Waals surface area contributed by atoms with E-state index in [-0.39, 0.29) is 29.4 Å². The number of terminal acetylenes is 1. The maximum Gasteiger partial charge on any atom is 0.209 e. The fourth-order valence-corrected chi connectivity index (χ4v) is 3.13. The standard InChI is InChI=1S/C18H18N.HI/c1-6-13-7-9-15-14(11-13)8-10-16-17(15)18(3,4)12(2)19(16)5;/h1,7-11H,2-5H3;1H/q+1;/p-1. The second-order valence-corrected chi connectivity index (χ2v) is 5.81. The van der Waals surface area contributed by atoms with Gasteiger partial charge in [-0.25, -0.2) is 4.58 Å². The summed E-state index contributed by atoms with van der Waals surface area (Å²) in [5.74, 6) is 2.71. The molecular weight excluding hydrogens is 357 g/mol. The smallest absolute Gasteiger partial charge is 0.209 e. The molecule has 0 N–H and O–H groups in total. The third kappa shape index (κ3) is 1.88. The van der Waals surface area contributed by atoms with E-state index in [9.17, 15) is 0 Å². The highest BCUT2D eigenvalue weighted by Crippen LogP contribution is 2.43. The third-order valence-electron chi connectivity index (χ3n) is 4.56. The van der Waals surface area contributed by atoms with Crippen molar-refractivity contribution < 1.29 is 28.6 Å². The molecule has 2 heteroatoms. The molecule has 3 rings (SSSR count). The summed E-state index contributed by atoms with van der Waals surface area (Å²) in [6, 6.07) is 10.7. The SMILES string of the molecule is C#Cc1ccc2c3c(ccc2c1)[N+](C)=C(C)C3(C)C.[I-]. The van der Waals surface area contributed by atoms with Crippen molar-refractivity contribution in [2.45, 2.75) is 26.2 Å². The molecule has 1 aliphatic rings. The van der Waals surface area contributed by atoms with E-state index in [0.717, 1.165) is 5.56 Å². The largest absolute Gasteiger partial charge is 1.00 e. The summed E-state index contributed by atoms with van der Waals surface area (Å²) in [5.41, 5.74) is 5.12. The van der Waals surface area contributed by atoms with Gasteiger partial charge in [0.25, 0.3) is 0 Å². The van der Waals surface area contributed by atoms with Crippen molar-refractivity contribution in [1.29, 1.82) is 0 Å². The van der Waals surface area contributed by atoms with Gasteiger partial charge < -0.3 is 24.0 Å². The first kappa shape index (κ1) is 15.1. The molecule has 1 aliphatic heterocycles. The van der Waals surface area contributed by atoms with Gasteiger partial charge in [0, 0.05) is 24.1 Å². The van der Waals surface area contributed by atoms with Crippen LogP contribution in [0.4, 0.5) is 5.69 Å². The lowest BCUT2D eigenvalue weighted by Gasteiger charge is -2.17. The first-order valence-electron chi connectivity index (χ1n) is 6.58. The van der Waals surface area contributed by atoms with Gasteiger partial charge >= 0.3 is 0 Å². The summed E-state index contributed by atoms with van der Waals surface area (Å²) in [6.07, 6.45) is 5.49. The number of fused-ring (bicyclic) bond motifs is 3. The van der Waals surface area contributed by atoms with Gasteiger partial charge in [0.2, 0.25) is 5.69 Å². The summed E-state index contributed by atoms with van der Waals surface area (Å²) < 4.78 is 2.30. The molecule has 0 unspecified atom stereocenters. The van der Waals surface area contributed by atoms with E-state index < -0.39 is 0 Å². The van der Waals surface area contributed by atoms with Crippen LogP contribution in [0.3, 0.4) is 0 Å². The Balaban J connectivity index is 0.00000147. The lowest BCUT2D eigenvalue weighted by Crippen LogP contribution is -3.00. The van der Waals surface area contributed by atoms with Crippen LogP contribution in [0.25, 0.3) is 10.8 Å². The van der Waals surface area contributed by atoms with Gasteiger partial charge in [-0.3, -0.25) is 0 Å². The molecule has 1 nitrogen and oxygen atoms in total. The normalized spacial score (nSPS) is 15.8. The van der Waals surface area contributed by atoms with Crippen molar-refractivity contribution in [3.8, 4) is 12.3 Å². The molecule has 1 heterocycles. The summed E-state index contributed by atoms with van der Waals surface area (Å²) in [4.78, 5) is 0. The highest BCUT2D eigenvalue weighted by molar-refractivity contribution is 6.01. The first-order valence-corrected chi connectivity index (χ1v) is 6.58. The number of rotatable bonds is 0. The van der Waals surface area contributed by atoms with Crippen LogP contribution >= 0.6 is 0 Å². The van der Waals surface area contributed by atoms with Crippen molar-refractivity contribution >= 4 is 22.2 Å². The number of hydrogen-bond acceptors (Lipinski definition) is 0. The van der Waals surface area contributed by atoms with Crippen molar-refractivity contribution in [3.05, 3.63) is 41.5 Å². The molecule has 0 spiro atoms. The summed E-state index contributed by atoms with van der Waals surface area (Å²) in [5, 5.41) is 2.54. The molecule has 0 aliphatic carbocycles. The molecule has 0 radical (unpaired) electrons. The van der Waals surface area contributed by atoms with Gasteiger partial charge in [-0.2, -0.15) is 0 Å². The summed E-state index contributed by atoms with van der Waals surface area (Å²) in [6.45, 7) is 6.79. The van der Waals surface area contributed by atoms with Crippen molar-refractivity contribution in [2.24, 2.45) is 0 Å². The minimum Gasteiger partial charge on any atom is -1.00 e. The minimum atomic E-state index is 0. The Morgan fingerprint density at radius 3 is 2.50 bits per heavy atom. The lowest BCUT2D eigenvalue weighted by molar-refractivity contribution is -0.402. The molecule has 2 aromatic rings. The number of nitrogens with zero attached hydrogens (tertiary/aromatic N) is 1. The van der Waals surface area contributed by atoms with E-state index in [4.69, 9.17) is 6.42 Å². The third-order valence-corrected chi connectivity index (χ3v) is 4.56. The van der Waals surface area contributed by atoms with Gasteiger partial charge in [-0.1, -0.05) is 12.0 Å². The number of benzene rings is 2. The van der Waals surface area contributed by atoms with E-state index in [1.807, 2.05) is 6.07 Å². The Bertz CT molecular complexity index is 776. The molecule has 2 aromatic carbocycles. The van der Waals surface area contributed by atoms with Gasteiger partial charge in [-0.15, -0.1) is 6.42 Å². The molecule has 0 saturated heterocycles. The van der Waals surface area contributed by atoms with Crippen LogP contribution in [0, 0.1) is 12.3 Å². The van der Waals surface area contributed by atoms with Crippen LogP contribution in [0.5, 0.6) is 0 Å².